The Morgan fingerprint density at radius 2 is 2.36 bits per heavy atom. The predicted octanol–water partition coefficient (Wildman–Crippen LogP) is 0.595. The highest BCUT2D eigenvalue weighted by molar-refractivity contribution is 5.75. The molecule has 14 heavy (non-hydrogen) atoms. The molecule has 0 aliphatic heterocycles. The molecule has 2 N–H and O–H groups in total. The van der Waals surface area contributed by atoms with Gasteiger partial charge in [-0.15, -0.1) is 0 Å². The zero-order valence-corrected chi connectivity index (χ0v) is 8.45. The van der Waals surface area contributed by atoms with Crippen molar-refractivity contribution < 1.29 is 14.3 Å². The molecule has 0 spiro atoms. The summed E-state index contributed by atoms with van der Waals surface area (Å²) in [5.74, 6) is 0.280. The number of hydrogen-bond donors (Lipinski definition) is 1. The number of nitrogens with two attached hydrogens (primary N) is 1. The molecule has 4 nitrogen and oxygen atoms in total. The van der Waals surface area contributed by atoms with Gasteiger partial charge in [-0.05, 0) is 0 Å². The molecule has 0 aromatic carbocycles. The number of carbonyl (C=O) groups is 1. The predicted molar refractivity (Wildman–Crippen MR) is 52.4 cm³/mol. The molecule has 1 aliphatic carbocycles. The number of allylic oxidation sites excluding steroid dienone is 1. The summed E-state index contributed by atoms with van der Waals surface area (Å²) < 4.78 is 9.81. The van der Waals surface area contributed by atoms with Gasteiger partial charge >= 0.3 is 5.97 Å². The standard InChI is InChI=1S/C10H15NO3/c1-13-9-5-7(10(12)14-2)3-4-8(9)6-11/h3-4,7H,5-6,11H2,1-2H3. The monoisotopic (exact) mass is 197 g/mol. The average molecular weight is 197 g/mol. The molecular formula is C10H15NO3. The van der Waals surface area contributed by atoms with E-state index in [9.17, 15) is 4.79 Å². The summed E-state index contributed by atoms with van der Waals surface area (Å²) in [5.41, 5.74) is 6.46. The van der Waals surface area contributed by atoms with Gasteiger partial charge in [0.05, 0.1) is 20.1 Å². The second-order valence-electron chi connectivity index (χ2n) is 3.05. The molecule has 78 valence electrons. The van der Waals surface area contributed by atoms with Crippen LogP contribution in [0.2, 0.25) is 0 Å². The lowest BCUT2D eigenvalue weighted by Gasteiger charge is -2.19. The molecule has 0 heterocycles. The van der Waals surface area contributed by atoms with Crippen LogP contribution in [-0.4, -0.2) is 26.7 Å². The topological polar surface area (TPSA) is 61.5 Å². The zero-order chi connectivity index (χ0) is 10.6. The van der Waals surface area contributed by atoms with Gasteiger partial charge in [-0.1, -0.05) is 12.2 Å². The minimum absolute atomic E-state index is 0.244. The summed E-state index contributed by atoms with van der Waals surface area (Å²) >= 11 is 0. The van der Waals surface area contributed by atoms with E-state index < -0.39 is 0 Å². The van der Waals surface area contributed by atoms with Gasteiger partial charge in [-0.3, -0.25) is 4.79 Å². The van der Waals surface area contributed by atoms with Crippen molar-refractivity contribution in [3.63, 3.8) is 0 Å². The molecule has 0 radical (unpaired) electrons. The van der Waals surface area contributed by atoms with Crippen LogP contribution in [0.1, 0.15) is 6.42 Å². The van der Waals surface area contributed by atoms with E-state index in [0.717, 1.165) is 11.3 Å². The quantitative estimate of drug-likeness (QED) is 0.673. The highest BCUT2D eigenvalue weighted by Crippen LogP contribution is 2.24. The fourth-order valence-electron chi connectivity index (χ4n) is 1.43. The van der Waals surface area contributed by atoms with Crippen molar-refractivity contribution in [3.05, 3.63) is 23.5 Å². The van der Waals surface area contributed by atoms with Gasteiger partial charge in [0.2, 0.25) is 0 Å². The Morgan fingerprint density at radius 3 is 2.86 bits per heavy atom. The first kappa shape index (κ1) is 10.8. The third-order valence-corrected chi connectivity index (χ3v) is 2.26. The van der Waals surface area contributed by atoms with E-state index in [4.69, 9.17) is 10.5 Å². The Morgan fingerprint density at radius 1 is 1.64 bits per heavy atom. The summed E-state index contributed by atoms with van der Waals surface area (Å²) in [5, 5.41) is 0. The van der Waals surface area contributed by atoms with Gasteiger partial charge in [0.15, 0.2) is 0 Å². The van der Waals surface area contributed by atoms with E-state index in [0.29, 0.717) is 13.0 Å². The number of esters is 1. The average Bonchev–Trinajstić information content (AvgIpc) is 2.26. The van der Waals surface area contributed by atoms with Crippen LogP contribution in [0.15, 0.2) is 23.5 Å². The maximum Gasteiger partial charge on any atom is 0.312 e. The van der Waals surface area contributed by atoms with Crippen molar-refractivity contribution in [3.8, 4) is 0 Å². The second kappa shape index (κ2) is 4.81. The molecule has 1 atom stereocenters. The van der Waals surface area contributed by atoms with Crippen LogP contribution >= 0.6 is 0 Å². The Bertz CT molecular complexity index is 281. The molecule has 0 saturated heterocycles. The first-order chi connectivity index (χ1) is 6.72. The van der Waals surface area contributed by atoms with E-state index in [2.05, 4.69) is 4.74 Å². The number of ether oxygens (including phenoxy) is 2. The molecule has 0 amide bonds. The van der Waals surface area contributed by atoms with E-state index >= 15 is 0 Å². The molecule has 1 rings (SSSR count). The third kappa shape index (κ3) is 2.14. The van der Waals surface area contributed by atoms with Gasteiger partial charge in [-0.2, -0.15) is 0 Å². The summed E-state index contributed by atoms with van der Waals surface area (Å²) in [6.45, 7) is 0.424. The van der Waals surface area contributed by atoms with Gasteiger partial charge in [0.25, 0.3) is 0 Å². The highest BCUT2D eigenvalue weighted by atomic mass is 16.5. The molecule has 0 saturated carbocycles. The van der Waals surface area contributed by atoms with Crippen LogP contribution in [0.3, 0.4) is 0 Å². The molecule has 0 fully saturated rings. The Balaban J connectivity index is 2.76. The smallest absolute Gasteiger partial charge is 0.312 e. The molecule has 1 unspecified atom stereocenters. The Hall–Kier alpha value is -1.29. The lowest BCUT2D eigenvalue weighted by atomic mass is 9.95. The highest BCUT2D eigenvalue weighted by Gasteiger charge is 2.22. The van der Waals surface area contributed by atoms with Crippen LogP contribution in [0.25, 0.3) is 0 Å². The van der Waals surface area contributed by atoms with Gasteiger partial charge in [0.1, 0.15) is 5.76 Å². The SMILES string of the molecule is COC(=O)C1C=CC(CN)=C(OC)C1. The zero-order valence-electron chi connectivity index (χ0n) is 8.45. The molecule has 0 aromatic rings. The van der Waals surface area contributed by atoms with Crippen LogP contribution in [0.5, 0.6) is 0 Å². The maximum atomic E-state index is 11.2. The molecule has 0 bridgehead atoms. The number of rotatable bonds is 3. The van der Waals surface area contributed by atoms with Crippen molar-refractivity contribution in [1.29, 1.82) is 0 Å². The van der Waals surface area contributed by atoms with Crippen molar-refractivity contribution in [2.45, 2.75) is 6.42 Å². The molecule has 0 aromatic heterocycles. The first-order valence-electron chi connectivity index (χ1n) is 4.45. The summed E-state index contributed by atoms with van der Waals surface area (Å²) in [6.07, 6.45) is 4.16. The van der Waals surface area contributed by atoms with Crippen molar-refractivity contribution >= 4 is 5.97 Å². The Labute approximate surface area is 83.4 Å². The van der Waals surface area contributed by atoms with Gasteiger partial charge in [-0.25, -0.2) is 0 Å². The van der Waals surface area contributed by atoms with Crippen LogP contribution in [0, 0.1) is 5.92 Å². The molecular weight excluding hydrogens is 182 g/mol. The summed E-state index contributed by atoms with van der Waals surface area (Å²) in [4.78, 5) is 11.2. The fraction of sp³-hybridized carbons (Fsp3) is 0.500. The third-order valence-electron chi connectivity index (χ3n) is 2.26. The number of hydrogen-bond acceptors (Lipinski definition) is 4. The fourth-order valence-corrected chi connectivity index (χ4v) is 1.43. The largest absolute Gasteiger partial charge is 0.501 e. The first-order valence-corrected chi connectivity index (χ1v) is 4.45. The lowest BCUT2D eigenvalue weighted by molar-refractivity contribution is -0.143. The molecule has 1 aliphatic rings. The normalized spacial score (nSPS) is 20.9. The summed E-state index contributed by atoms with van der Waals surface area (Å²) in [7, 11) is 2.96. The van der Waals surface area contributed by atoms with E-state index in [1.165, 1.54) is 7.11 Å². The Kier molecular flexibility index (Phi) is 3.71. The van der Waals surface area contributed by atoms with E-state index in [1.54, 1.807) is 13.2 Å². The minimum atomic E-state index is -0.245. The maximum absolute atomic E-state index is 11.2. The van der Waals surface area contributed by atoms with E-state index in [1.807, 2.05) is 6.08 Å². The number of carbonyl (C=O) groups excluding carboxylic acids is 1. The molecule has 4 heteroatoms. The van der Waals surface area contributed by atoms with Crippen LogP contribution < -0.4 is 5.73 Å². The van der Waals surface area contributed by atoms with Crippen LogP contribution in [-0.2, 0) is 14.3 Å². The summed E-state index contributed by atoms with van der Waals surface area (Å²) in [6, 6.07) is 0. The van der Waals surface area contributed by atoms with Gasteiger partial charge < -0.3 is 15.2 Å². The minimum Gasteiger partial charge on any atom is -0.501 e. The van der Waals surface area contributed by atoms with Crippen molar-refractivity contribution in [2.24, 2.45) is 11.7 Å². The van der Waals surface area contributed by atoms with Gasteiger partial charge in [0, 0.05) is 18.5 Å². The second-order valence-corrected chi connectivity index (χ2v) is 3.05. The van der Waals surface area contributed by atoms with Crippen LogP contribution in [0.4, 0.5) is 0 Å². The van der Waals surface area contributed by atoms with E-state index in [-0.39, 0.29) is 11.9 Å². The van der Waals surface area contributed by atoms with Crippen molar-refractivity contribution in [2.75, 3.05) is 20.8 Å². The number of methoxy groups -OCH3 is 2. The lowest BCUT2D eigenvalue weighted by Crippen LogP contribution is -2.20. The van der Waals surface area contributed by atoms with Crippen molar-refractivity contribution in [1.82, 2.24) is 0 Å².